The summed E-state index contributed by atoms with van der Waals surface area (Å²) in [5.74, 6) is 0. The van der Waals surface area contributed by atoms with E-state index in [0.717, 1.165) is 61.6 Å². The lowest BCUT2D eigenvalue weighted by Crippen LogP contribution is -2.03. The molecule has 4 nitrogen and oxygen atoms in total. The zero-order chi connectivity index (χ0) is 21.1. The molecule has 0 saturated carbocycles. The van der Waals surface area contributed by atoms with Gasteiger partial charge in [-0.3, -0.25) is 4.68 Å². The second kappa shape index (κ2) is 6.69. The van der Waals surface area contributed by atoms with Gasteiger partial charge in [0.15, 0.2) is 0 Å². The highest BCUT2D eigenvalue weighted by Gasteiger charge is 2.29. The lowest BCUT2D eigenvalue weighted by Gasteiger charge is -2.08. The highest BCUT2D eigenvalue weighted by molar-refractivity contribution is 6.31. The van der Waals surface area contributed by atoms with E-state index in [2.05, 4.69) is 47.4 Å². The van der Waals surface area contributed by atoms with Gasteiger partial charge < -0.3 is 4.98 Å². The highest BCUT2D eigenvalue weighted by atomic mass is 35.5. The third-order valence-electron chi connectivity index (χ3n) is 5.91. The van der Waals surface area contributed by atoms with Crippen molar-refractivity contribution in [3.05, 3.63) is 94.6 Å². The fraction of sp³-hybridized carbons (Fsp3) is 0.0769. The molecule has 150 valence electrons. The van der Waals surface area contributed by atoms with Crippen molar-refractivity contribution in [1.82, 2.24) is 14.8 Å². The Morgan fingerprint density at radius 1 is 0.871 bits per heavy atom. The number of aromatic nitrogens is 3. The van der Waals surface area contributed by atoms with Crippen LogP contribution in [-0.4, -0.2) is 20.5 Å². The monoisotopic (exact) mass is 422 g/mol. The van der Waals surface area contributed by atoms with E-state index in [4.69, 9.17) is 21.7 Å². The van der Waals surface area contributed by atoms with Crippen molar-refractivity contribution in [1.29, 1.82) is 0 Å². The number of fused-ring (bicyclic) bond motifs is 2. The van der Waals surface area contributed by atoms with Crippen LogP contribution < -0.4 is 0 Å². The molecule has 0 bridgehead atoms. The molecule has 0 amide bonds. The zero-order valence-corrected chi connectivity index (χ0v) is 17.9. The summed E-state index contributed by atoms with van der Waals surface area (Å²) in [6.07, 6.45) is 0. The van der Waals surface area contributed by atoms with Crippen molar-refractivity contribution < 1.29 is 0 Å². The van der Waals surface area contributed by atoms with Crippen molar-refractivity contribution in [2.75, 3.05) is 0 Å². The lowest BCUT2D eigenvalue weighted by atomic mass is 9.95. The van der Waals surface area contributed by atoms with Crippen LogP contribution in [0.5, 0.6) is 0 Å². The summed E-state index contributed by atoms with van der Waals surface area (Å²) in [6, 6.07) is 24.7. The number of hydrogen-bond donors (Lipinski definition) is 1. The summed E-state index contributed by atoms with van der Waals surface area (Å²) in [6.45, 7) is 2.02. The summed E-state index contributed by atoms with van der Waals surface area (Å²) in [5, 5.41) is 6.60. The van der Waals surface area contributed by atoms with Crippen LogP contribution >= 0.6 is 11.6 Å². The van der Waals surface area contributed by atoms with Crippen LogP contribution in [0.2, 0.25) is 5.02 Å². The van der Waals surface area contributed by atoms with E-state index >= 15 is 0 Å². The van der Waals surface area contributed by atoms with E-state index in [9.17, 15) is 0 Å². The first-order valence-corrected chi connectivity index (χ1v) is 10.6. The first kappa shape index (κ1) is 18.2. The number of aliphatic imine (C=N–C) groups is 1. The van der Waals surface area contributed by atoms with Crippen molar-refractivity contribution in [2.24, 2.45) is 12.0 Å². The minimum Gasteiger partial charge on any atom is -0.354 e. The van der Waals surface area contributed by atoms with Gasteiger partial charge >= 0.3 is 0 Å². The van der Waals surface area contributed by atoms with E-state index in [-0.39, 0.29) is 0 Å². The predicted molar refractivity (Wildman–Crippen MR) is 127 cm³/mol. The summed E-state index contributed by atoms with van der Waals surface area (Å²) < 4.78 is 1.95. The number of benzene rings is 3. The Hall–Kier alpha value is -3.63. The molecule has 0 aliphatic carbocycles. The number of rotatable bonds is 2. The number of halogens is 1. The predicted octanol–water partition coefficient (Wildman–Crippen LogP) is 6.68. The molecule has 0 atom stereocenters. The maximum Gasteiger partial charge on any atom is 0.113 e. The second-order valence-corrected chi connectivity index (χ2v) is 8.28. The van der Waals surface area contributed by atoms with E-state index in [1.165, 1.54) is 0 Å². The number of hydrogen-bond acceptors (Lipinski definition) is 2. The Kier molecular flexibility index (Phi) is 3.92. The molecule has 5 aromatic rings. The number of H-pyrrole nitrogens is 1. The average Bonchev–Trinajstić information content (AvgIpc) is 3.23. The Labute approximate surface area is 184 Å². The third kappa shape index (κ3) is 2.69. The molecule has 0 saturated heterocycles. The molecule has 1 N–H and O–H groups in total. The highest BCUT2D eigenvalue weighted by Crippen LogP contribution is 2.47. The van der Waals surface area contributed by atoms with Gasteiger partial charge in [0.1, 0.15) is 5.69 Å². The second-order valence-electron chi connectivity index (χ2n) is 7.84. The van der Waals surface area contributed by atoms with Crippen LogP contribution in [0.25, 0.3) is 33.4 Å². The van der Waals surface area contributed by atoms with Gasteiger partial charge in [0.25, 0.3) is 0 Å². The molecule has 1 aliphatic rings. The Morgan fingerprint density at radius 3 is 2.42 bits per heavy atom. The van der Waals surface area contributed by atoms with Gasteiger partial charge in [-0.25, -0.2) is 4.99 Å². The minimum atomic E-state index is 0.711. The third-order valence-corrected chi connectivity index (χ3v) is 6.16. The summed E-state index contributed by atoms with van der Waals surface area (Å²) in [4.78, 5) is 8.86. The first-order chi connectivity index (χ1) is 15.1. The summed E-state index contributed by atoms with van der Waals surface area (Å²) in [7, 11) is 1.99. The standard InChI is InChI=1S/C26H19ClN4/c1-15-23-26(31(2)30-15)22-21-19(24(29-23)17-11-13-18(27)14-12-17)9-6-10-20(21)28-25(22)16-7-4-3-5-8-16/h3-14,28H,1-2H3. The molecule has 3 heterocycles. The maximum absolute atomic E-state index is 6.17. The van der Waals surface area contributed by atoms with E-state index in [1.807, 2.05) is 49.0 Å². The zero-order valence-electron chi connectivity index (χ0n) is 17.1. The molecule has 5 heteroatoms. The molecule has 0 unspecified atom stereocenters. The Bertz CT molecular complexity index is 1490. The van der Waals surface area contributed by atoms with Crippen molar-refractivity contribution in [3.8, 4) is 22.5 Å². The number of nitrogens with one attached hydrogen (secondary N) is 1. The molecule has 0 radical (unpaired) electrons. The fourth-order valence-electron chi connectivity index (χ4n) is 4.56. The van der Waals surface area contributed by atoms with Crippen LogP contribution in [0.15, 0.2) is 77.8 Å². The number of aryl methyl sites for hydroxylation is 2. The Morgan fingerprint density at radius 2 is 1.65 bits per heavy atom. The smallest absolute Gasteiger partial charge is 0.113 e. The first-order valence-electron chi connectivity index (χ1n) is 10.2. The van der Waals surface area contributed by atoms with E-state index in [0.29, 0.717) is 5.02 Å². The van der Waals surface area contributed by atoms with Crippen LogP contribution in [0, 0.1) is 6.92 Å². The van der Waals surface area contributed by atoms with Gasteiger partial charge in [0.2, 0.25) is 0 Å². The molecule has 1 aliphatic heterocycles. The molecular weight excluding hydrogens is 404 g/mol. The topological polar surface area (TPSA) is 46.0 Å². The van der Waals surface area contributed by atoms with Gasteiger partial charge in [-0.1, -0.05) is 66.2 Å². The normalized spacial score (nSPS) is 12.5. The van der Waals surface area contributed by atoms with E-state index in [1.54, 1.807) is 0 Å². The SMILES string of the molecule is Cc1nn(C)c2c1N=C(c1ccc(Cl)cc1)c1cccc3[nH]c(-c4ccccc4)c-2c13. The average molecular weight is 423 g/mol. The van der Waals surface area contributed by atoms with Crippen LogP contribution in [0.4, 0.5) is 5.69 Å². The maximum atomic E-state index is 6.17. The lowest BCUT2D eigenvalue weighted by molar-refractivity contribution is 0.764. The van der Waals surface area contributed by atoms with Crippen LogP contribution in [-0.2, 0) is 7.05 Å². The number of nitrogens with zero attached hydrogens (tertiary/aromatic N) is 3. The Balaban J connectivity index is 1.78. The van der Waals surface area contributed by atoms with Gasteiger partial charge in [-0.05, 0) is 30.7 Å². The van der Waals surface area contributed by atoms with Crippen LogP contribution in [0.1, 0.15) is 16.8 Å². The molecular formula is C26H19ClN4. The van der Waals surface area contributed by atoms with E-state index < -0.39 is 0 Å². The quantitative estimate of drug-likeness (QED) is 0.332. The number of aromatic amines is 1. The fourth-order valence-corrected chi connectivity index (χ4v) is 4.69. The van der Waals surface area contributed by atoms with Crippen molar-refractivity contribution in [2.45, 2.75) is 6.92 Å². The van der Waals surface area contributed by atoms with Gasteiger partial charge in [0, 0.05) is 39.7 Å². The van der Waals surface area contributed by atoms with Gasteiger partial charge in [-0.15, -0.1) is 0 Å². The minimum absolute atomic E-state index is 0.711. The molecule has 0 spiro atoms. The van der Waals surface area contributed by atoms with Gasteiger partial charge in [0.05, 0.1) is 22.8 Å². The van der Waals surface area contributed by atoms with Crippen LogP contribution in [0.3, 0.4) is 0 Å². The van der Waals surface area contributed by atoms with Crippen molar-refractivity contribution in [3.63, 3.8) is 0 Å². The summed E-state index contributed by atoms with van der Waals surface area (Å²) in [5.41, 5.74) is 10.3. The van der Waals surface area contributed by atoms with Crippen molar-refractivity contribution >= 4 is 33.9 Å². The molecule has 2 aromatic heterocycles. The largest absolute Gasteiger partial charge is 0.354 e. The molecule has 6 rings (SSSR count). The molecule has 31 heavy (non-hydrogen) atoms. The molecule has 3 aromatic carbocycles. The summed E-state index contributed by atoms with van der Waals surface area (Å²) >= 11 is 6.17. The molecule has 0 fully saturated rings. The van der Waals surface area contributed by atoms with Gasteiger partial charge in [-0.2, -0.15) is 5.10 Å².